The Labute approximate surface area is 156 Å². The predicted molar refractivity (Wildman–Crippen MR) is 108 cm³/mol. The van der Waals surface area contributed by atoms with Gasteiger partial charge in [0.15, 0.2) is 0 Å². The van der Waals surface area contributed by atoms with Crippen molar-refractivity contribution in [1.82, 2.24) is 10.2 Å². The van der Waals surface area contributed by atoms with E-state index in [1.165, 1.54) is 29.7 Å². The Kier molecular flexibility index (Phi) is 6.29. The maximum Gasteiger partial charge on any atom is 0.251 e. The summed E-state index contributed by atoms with van der Waals surface area (Å²) < 4.78 is 0. The number of nitrogens with one attached hydrogen (secondary N) is 2. The lowest BCUT2D eigenvalue weighted by Gasteiger charge is -2.11. The van der Waals surface area contributed by atoms with Crippen LogP contribution in [0.4, 0.5) is 5.69 Å². The van der Waals surface area contributed by atoms with E-state index in [0.29, 0.717) is 6.54 Å². The van der Waals surface area contributed by atoms with Crippen molar-refractivity contribution in [2.45, 2.75) is 32.2 Å². The minimum absolute atomic E-state index is 0.00580. The highest BCUT2D eigenvalue weighted by Crippen LogP contribution is 2.22. The standard InChI is InChI=1S/C22H29N3O/c1-25(2)14-12-17-6-8-18(9-7-17)16-24-22(26)20-10-11-21-19(15-20)5-3-4-13-23-21/h6-11,15,23H,3-5,12-14,16H2,1-2H3,(H,24,26). The van der Waals surface area contributed by atoms with E-state index < -0.39 is 0 Å². The number of rotatable bonds is 6. The summed E-state index contributed by atoms with van der Waals surface area (Å²) in [7, 11) is 4.17. The first-order valence-corrected chi connectivity index (χ1v) is 9.49. The molecule has 3 rings (SSSR count). The van der Waals surface area contributed by atoms with Gasteiger partial charge in [-0.15, -0.1) is 0 Å². The zero-order valence-electron chi connectivity index (χ0n) is 15.8. The molecule has 0 aromatic heterocycles. The molecule has 2 aromatic carbocycles. The molecule has 0 aliphatic carbocycles. The molecule has 0 saturated heterocycles. The van der Waals surface area contributed by atoms with Gasteiger partial charge in [0.25, 0.3) is 5.91 Å². The van der Waals surface area contributed by atoms with Crippen LogP contribution >= 0.6 is 0 Å². The lowest BCUT2D eigenvalue weighted by atomic mass is 10.0. The van der Waals surface area contributed by atoms with E-state index in [1.54, 1.807) is 0 Å². The maximum absolute atomic E-state index is 12.5. The number of nitrogens with zero attached hydrogens (tertiary/aromatic N) is 1. The highest BCUT2D eigenvalue weighted by atomic mass is 16.1. The Morgan fingerprint density at radius 2 is 1.85 bits per heavy atom. The second-order valence-corrected chi connectivity index (χ2v) is 7.31. The van der Waals surface area contributed by atoms with Gasteiger partial charge in [-0.05, 0) is 74.7 Å². The Balaban J connectivity index is 1.56. The number of carbonyl (C=O) groups is 1. The molecule has 0 atom stereocenters. The SMILES string of the molecule is CN(C)CCc1ccc(CNC(=O)c2ccc3c(c2)CCCCN3)cc1. The first-order valence-electron chi connectivity index (χ1n) is 9.49. The summed E-state index contributed by atoms with van der Waals surface area (Å²) >= 11 is 0. The number of likely N-dealkylation sites (N-methyl/N-ethyl adjacent to an activating group) is 1. The van der Waals surface area contributed by atoms with Gasteiger partial charge in [0.1, 0.15) is 0 Å². The molecule has 2 N–H and O–H groups in total. The van der Waals surface area contributed by atoms with Crippen LogP contribution in [-0.4, -0.2) is 38.0 Å². The van der Waals surface area contributed by atoms with Gasteiger partial charge in [0.2, 0.25) is 0 Å². The highest BCUT2D eigenvalue weighted by Gasteiger charge is 2.11. The summed E-state index contributed by atoms with van der Waals surface area (Å²) in [5.74, 6) is -0.00580. The van der Waals surface area contributed by atoms with Crippen LogP contribution in [0.5, 0.6) is 0 Å². The molecule has 1 aliphatic heterocycles. The van der Waals surface area contributed by atoms with E-state index in [4.69, 9.17) is 0 Å². The number of fused-ring (bicyclic) bond motifs is 1. The van der Waals surface area contributed by atoms with E-state index in [2.05, 4.69) is 53.9 Å². The second kappa shape index (κ2) is 8.86. The molecular weight excluding hydrogens is 322 g/mol. The van der Waals surface area contributed by atoms with Crippen LogP contribution in [0.2, 0.25) is 0 Å². The Morgan fingerprint density at radius 1 is 1.08 bits per heavy atom. The van der Waals surface area contributed by atoms with Gasteiger partial charge in [0, 0.05) is 30.9 Å². The van der Waals surface area contributed by atoms with E-state index in [1.807, 2.05) is 18.2 Å². The number of hydrogen-bond donors (Lipinski definition) is 2. The maximum atomic E-state index is 12.5. The summed E-state index contributed by atoms with van der Waals surface area (Å²) in [6.45, 7) is 2.62. The van der Waals surface area contributed by atoms with Crippen molar-refractivity contribution in [3.05, 3.63) is 64.7 Å². The van der Waals surface area contributed by atoms with Crippen LogP contribution in [0.1, 0.15) is 39.9 Å². The molecule has 138 valence electrons. The summed E-state index contributed by atoms with van der Waals surface area (Å²) in [5.41, 5.74) is 5.62. The molecule has 0 spiro atoms. The van der Waals surface area contributed by atoms with Crippen molar-refractivity contribution in [3.8, 4) is 0 Å². The quantitative estimate of drug-likeness (QED) is 0.838. The number of carbonyl (C=O) groups excluding carboxylic acids is 1. The topological polar surface area (TPSA) is 44.4 Å². The molecule has 0 radical (unpaired) electrons. The fourth-order valence-electron chi connectivity index (χ4n) is 3.24. The molecule has 1 aliphatic rings. The number of anilines is 1. The predicted octanol–water partition coefficient (Wildman–Crippen LogP) is 3.47. The molecular formula is C22H29N3O. The zero-order valence-corrected chi connectivity index (χ0v) is 15.8. The van der Waals surface area contributed by atoms with Gasteiger partial charge in [-0.2, -0.15) is 0 Å². The molecule has 0 saturated carbocycles. The number of aryl methyl sites for hydroxylation is 1. The van der Waals surface area contributed by atoms with Crippen molar-refractivity contribution in [1.29, 1.82) is 0 Å². The Hall–Kier alpha value is -2.33. The minimum Gasteiger partial charge on any atom is -0.385 e. The number of hydrogen-bond acceptors (Lipinski definition) is 3. The summed E-state index contributed by atoms with van der Waals surface area (Å²) in [5, 5.41) is 6.48. The van der Waals surface area contributed by atoms with Crippen LogP contribution in [0.15, 0.2) is 42.5 Å². The highest BCUT2D eigenvalue weighted by molar-refractivity contribution is 5.94. The lowest BCUT2D eigenvalue weighted by Crippen LogP contribution is -2.23. The summed E-state index contributed by atoms with van der Waals surface area (Å²) in [6.07, 6.45) is 4.44. The molecule has 1 heterocycles. The van der Waals surface area contributed by atoms with Crippen molar-refractivity contribution in [2.75, 3.05) is 32.5 Å². The van der Waals surface area contributed by atoms with Gasteiger partial charge >= 0.3 is 0 Å². The Morgan fingerprint density at radius 3 is 2.62 bits per heavy atom. The number of benzene rings is 2. The molecule has 0 fully saturated rings. The van der Waals surface area contributed by atoms with E-state index in [9.17, 15) is 4.79 Å². The monoisotopic (exact) mass is 351 g/mol. The minimum atomic E-state index is -0.00580. The lowest BCUT2D eigenvalue weighted by molar-refractivity contribution is 0.0951. The van der Waals surface area contributed by atoms with E-state index in [-0.39, 0.29) is 5.91 Å². The van der Waals surface area contributed by atoms with E-state index in [0.717, 1.165) is 37.1 Å². The van der Waals surface area contributed by atoms with E-state index >= 15 is 0 Å². The molecule has 0 unspecified atom stereocenters. The summed E-state index contributed by atoms with van der Waals surface area (Å²) in [4.78, 5) is 14.7. The molecule has 2 aromatic rings. The normalized spacial score (nSPS) is 13.7. The molecule has 26 heavy (non-hydrogen) atoms. The van der Waals surface area contributed by atoms with Gasteiger partial charge in [-0.3, -0.25) is 4.79 Å². The van der Waals surface area contributed by atoms with Gasteiger partial charge in [-0.25, -0.2) is 0 Å². The van der Waals surface area contributed by atoms with Crippen molar-refractivity contribution >= 4 is 11.6 Å². The summed E-state index contributed by atoms with van der Waals surface area (Å²) in [6, 6.07) is 14.5. The van der Waals surface area contributed by atoms with Gasteiger partial charge < -0.3 is 15.5 Å². The van der Waals surface area contributed by atoms with Crippen LogP contribution in [-0.2, 0) is 19.4 Å². The average molecular weight is 351 g/mol. The third-order valence-corrected chi connectivity index (χ3v) is 4.88. The zero-order chi connectivity index (χ0) is 18.4. The van der Waals surface area contributed by atoms with Crippen molar-refractivity contribution in [2.24, 2.45) is 0 Å². The van der Waals surface area contributed by atoms with Crippen molar-refractivity contribution in [3.63, 3.8) is 0 Å². The Bertz CT molecular complexity index is 738. The fraction of sp³-hybridized carbons (Fsp3) is 0.409. The third kappa shape index (κ3) is 5.09. The molecule has 4 nitrogen and oxygen atoms in total. The van der Waals surface area contributed by atoms with Crippen LogP contribution in [0, 0.1) is 0 Å². The smallest absolute Gasteiger partial charge is 0.251 e. The third-order valence-electron chi connectivity index (χ3n) is 4.88. The molecule has 0 bridgehead atoms. The second-order valence-electron chi connectivity index (χ2n) is 7.31. The molecule has 4 heteroatoms. The van der Waals surface area contributed by atoms with Crippen molar-refractivity contribution < 1.29 is 4.79 Å². The van der Waals surface area contributed by atoms with Crippen LogP contribution < -0.4 is 10.6 Å². The average Bonchev–Trinajstić information content (AvgIpc) is 2.90. The van der Waals surface area contributed by atoms with Gasteiger partial charge in [-0.1, -0.05) is 24.3 Å². The first-order chi connectivity index (χ1) is 12.6. The van der Waals surface area contributed by atoms with Crippen LogP contribution in [0.3, 0.4) is 0 Å². The van der Waals surface area contributed by atoms with Gasteiger partial charge in [0.05, 0.1) is 0 Å². The van der Waals surface area contributed by atoms with Crippen LogP contribution in [0.25, 0.3) is 0 Å². The fourth-order valence-corrected chi connectivity index (χ4v) is 3.24. The molecule has 1 amide bonds. The largest absolute Gasteiger partial charge is 0.385 e. The number of amides is 1. The first kappa shape index (κ1) is 18.5.